The Balaban J connectivity index is 1.79. The molecule has 2 aliphatic rings. The van der Waals surface area contributed by atoms with Crippen molar-refractivity contribution < 1.29 is 18.0 Å². The normalized spacial score (nSPS) is 21.8. The van der Waals surface area contributed by atoms with Gasteiger partial charge >= 0.3 is 0 Å². The zero-order valence-electron chi connectivity index (χ0n) is 13.4. The van der Waals surface area contributed by atoms with Gasteiger partial charge in [0.05, 0.1) is 5.75 Å². The van der Waals surface area contributed by atoms with Crippen LogP contribution in [0.1, 0.15) is 24.8 Å². The van der Waals surface area contributed by atoms with Gasteiger partial charge in [0, 0.05) is 53.9 Å². The van der Waals surface area contributed by atoms with Gasteiger partial charge in [-0.25, -0.2) is 8.42 Å². The highest BCUT2D eigenvalue weighted by atomic mass is 35.7. The molecule has 0 bridgehead atoms. The zero-order chi connectivity index (χ0) is 17.5. The summed E-state index contributed by atoms with van der Waals surface area (Å²) in [6, 6.07) is 5.53. The smallest absolute Gasteiger partial charge is 0.232 e. The average molecular weight is 371 g/mol. The lowest BCUT2D eigenvalue weighted by Crippen LogP contribution is -2.27. The van der Waals surface area contributed by atoms with Crippen LogP contribution in [0.3, 0.4) is 0 Å². The van der Waals surface area contributed by atoms with Crippen LogP contribution in [-0.4, -0.2) is 39.1 Å². The van der Waals surface area contributed by atoms with Crippen LogP contribution in [0.25, 0.3) is 0 Å². The standard InChI is InChI=1S/C16H19ClN2O4S/c1-11-7-13(4-5-14(11)18-6-2-3-15(18)20)19-9-12(8-16(19)21)10-24(17,22)23/h4-5,7,12H,2-3,6,8-10H2,1H3. The van der Waals surface area contributed by atoms with E-state index in [-0.39, 0.29) is 29.9 Å². The highest BCUT2D eigenvalue weighted by Crippen LogP contribution is 2.32. The molecular formula is C16H19ClN2O4S. The number of hydrogen-bond acceptors (Lipinski definition) is 4. The maximum Gasteiger partial charge on any atom is 0.232 e. The first-order chi connectivity index (χ1) is 11.2. The van der Waals surface area contributed by atoms with Crippen molar-refractivity contribution in [2.24, 2.45) is 5.92 Å². The summed E-state index contributed by atoms with van der Waals surface area (Å²) in [6.45, 7) is 2.97. The highest BCUT2D eigenvalue weighted by Gasteiger charge is 2.33. The van der Waals surface area contributed by atoms with E-state index in [1.165, 1.54) is 0 Å². The minimum atomic E-state index is -3.62. The highest BCUT2D eigenvalue weighted by molar-refractivity contribution is 8.13. The first kappa shape index (κ1) is 17.2. The largest absolute Gasteiger partial charge is 0.312 e. The number of anilines is 2. The Morgan fingerprint density at radius 2 is 1.96 bits per heavy atom. The van der Waals surface area contributed by atoms with Crippen molar-refractivity contribution >= 4 is 42.9 Å². The maximum atomic E-state index is 12.2. The Bertz CT molecular complexity index is 793. The van der Waals surface area contributed by atoms with E-state index in [9.17, 15) is 18.0 Å². The number of carbonyl (C=O) groups excluding carboxylic acids is 2. The molecule has 1 aromatic rings. The van der Waals surface area contributed by atoms with Gasteiger partial charge in [0.1, 0.15) is 0 Å². The van der Waals surface area contributed by atoms with E-state index in [4.69, 9.17) is 10.7 Å². The molecule has 0 spiro atoms. The summed E-state index contributed by atoms with van der Waals surface area (Å²) in [5, 5.41) is 0. The second-order valence-corrected chi connectivity index (χ2v) is 9.22. The molecule has 8 heteroatoms. The van der Waals surface area contributed by atoms with Gasteiger partial charge in [0.2, 0.25) is 20.9 Å². The lowest BCUT2D eigenvalue weighted by atomic mass is 10.1. The lowest BCUT2D eigenvalue weighted by molar-refractivity contribution is -0.118. The molecule has 24 heavy (non-hydrogen) atoms. The Kier molecular flexibility index (Phi) is 4.57. The monoisotopic (exact) mass is 370 g/mol. The predicted molar refractivity (Wildman–Crippen MR) is 92.9 cm³/mol. The molecule has 2 saturated heterocycles. The molecule has 130 valence electrons. The molecule has 2 aliphatic heterocycles. The number of carbonyl (C=O) groups is 2. The average Bonchev–Trinajstić information content (AvgIpc) is 3.03. The molecule has 0 N–H and O–H groups in total. The summed E-state index contributed by atoms with van der Waals surface area (Å²) in [5.41, 5.74) is 2.51. The third kappa shape index (κ3) is 3.57. The maximum absolute atomic E-state index is 12.2. The molecule has 1 aromatic carbocycles. The van der Waals surface area contributed by atoms with Gasteiger partial charge in [0.25, 0.3) is 0 Å². The lowest BCUT2D eigenvalue weighted by Gasteiger charge is -2.22. The summed E-state index contributed by atoms with van der Waals surface area (Å²) in [7, 11) is 1.67. The first-order valence-electron chi connectivity index (χ1n) is 7.88. The number of amides is 2. The van der Waals surface area contributed by atoms with Crippen LogP contribution < -0.4 is 9.80 Å². The molecule has 0 radical (unpaired) electrons. The fourth-order valence-corrected chi connectivity index (χ4v) is 4.76. The Morgan fingerprint density at radius 1 is 1.21 bits per heavy atom. The van der Waals surface area contributed by atoms with Gasteiger partial charge in [-0.3, -0.25) is 9.59 Å². The third-order valence-corrected chi connectivity index (χ3v) is 5.74. The third-order valence-electron chi connectivity index (χ3n) is 4.50. The van der Waals surface area contributed by atoms with Crippen LogP contribution in [0, 0.1) is 12.8 Å². The second kappa shape index (κ2) is 6.37. The van der Waals surface area contributed by atoms with Crippen molar-refractivity contribution in [2.45, 2.75) is 26.2 Å². The Labute approximate surface area is 145 Å². The van der Waals surface area contributed by atoms with Gasteiger partial charge in [-0.1, -0.05) is 0 Å². The van der Waals surface area contributed by atoms with Crippen molar-refractivity contribution in [2.75, 3.05) is 28.6 Å². The topological polar surface area (TPSA) is 74.8 Å². The summed E-state index contributed by atoms with van der Waals surface area (Å²) >= 11 is 0. The number of aryl methyl sites for hydroxylation is 1. The predicted octanol–water partition coefficient (Wildman–Crippen LogP) is 2.04. The number of benzene rings is 1. The molecule has 0 aliphatic carbocycles. The number of rotatable bonds is 4. The van der Waals surface area contributed by atoms with E-state index in [0.29, 0.717) is 13.0 Å². The SMILES string of the molecule is Cc1cc(N2CC(CS(=O)(=O)Cl)CC2=O)ccc1N1CCCC1=O. The molecule has 1 unspecified atom stereocenters. The molecule has 6 nitrogen and oxygen atoms in total. The van der Waals surface area contributed by atoms with E-state index >= 15 is 0 Å². The molecule has 2 amide bonds. The van der Waals surface area contributed by atoms with Crippen molar-refractivity contribution in [1.82, 2.24) is 0 Å². The van der Waals surface area contributed by atoms with Crippen molar-refractivity contribution in [3.8, 4) is 0 Å². The number of halogens is 1. The molecule has 2 fully saturated rings. The molecular weight excluding hydrogens is 352 g/mol. The van der Waals surface area contributed by atoms with Gasteiger partial charge in [0.15, 0.2) is 0 Å². The zero-order valence-corrected chi connectivity index (χ0v) is 14.9. The van der Waals surface area contributed by atoms with Gasteiger partial charge in [-0.2, -0.15) is 0 Å². The number of hydrogen-bond donors (Lipinski definition) is 0. The van der Waals surface area contributed by atoms with Crippen molar-refractivity contribution in [3.05, 3.63) is 23.8 Å². The van der Waals surface area contributed by atoms with E-state index in [2.05, 4.69) is 0 Å². The molecule has 2 heterocycles. The molecule has 0 aromatic heterocycles. The Morgan fingerprint density at radius 3 is 2.54 bits per heavy atom. The van der Waals surface area contributed by atoms with E-state index in [1.807, 2.05) is 25.1 Å². The van der Waals surface area contributed by atoms with Crippen LogP contribution in [0.2, 0.25) is 0 Å². The second-order valence-electron chi connectivity index (χ2n) is 6.40. The molecule has 3 rings (SSSR count). The fraction of sp³-hybridized carbons (Fsp3) is 0.500. The van der Waals surface area contributed by atoms with Crippen LogP contribution in [-0.2, 0) is 18.6 Å². The fourth-order valence-electron chi connectivity index (χ4n) is 3.44. The molecule has 1 atom stereocenters. The van der Waals surface area contributed by atoms with Crippen LogP contribution in [0.15, 0.2) is 18.2 Å². The Hall–Kier alpha value is -1.60. The summed E-state index contributed by atoms with van der Waals surface area (Å²) in [5.74, 6) is -0.476. The van der Waals surface area contributed by atoms with Crippen LogP contribution >= 0.6 is 10.7 Å². The van der Waals surface area contributed by atoms with Crippen molar-refractivity contribution in [1.29, 1.82) is 0 Å². The van der Waals surface area contributed by atoms with E-state index in [1.54, 1.807) is 9.80 Å². The van der Waals surface area contributed by atoms with Crippen LogP contribution in [0.4, 0.5) is 11.4 Å². The minimum absolute atomic E-state index is 0.107. The quantitative estimate of drug-likeness (QED) is 0.760. The summed E-state index contributed by atoms with van der Waals surface area (Å²) < 4.78 is 22.4. The van der Waals surface area contributed by atoms with Crippen molar-refractivity contribution in [3.63, 3.8) is 0 Å². The van der Waals surface area contributed by atoms with E-state index < -0.39 is 9.05 Å². The molecule has 0 saturated carbocycles. The minimum Gasteiger partial charge on any atom is -0.312 e. The van der Waals surface area contributed by atoms with Gasteiger partial charge < -0.3 is 9.80 Å². The summed E-state index contributed by atoms with van der Waals surface area (Å²) in [6.07, 6.45) is 1.61. The number of nitrogens with zero attached hydrogens (tertiary/aromatic N) is 2. The van der Waals surface area contributed by atoms with Crippen LogP contribution in [0.5, 0.6) is 0 Å². The van der Waals surface area contributed by atoms with Gasteiger partial charge in [-0.15, -0.1) is 0 Å². The summed E-state index contributed by atoms with van der Waals surface area (Å²) in [4.78, 5) is 27.5. The van der Waals surface area contributed by atoms with Gasteiger partial charge in [-0.05, 0) is 37.1 Å². The first-order valence-corrected chi connectivity index (χ1v) is 10.4. The van der Waals surface area contributed by atoms with E-state index in [0.717, 1.165) is 29.9 Å².